The van der Waals surface area contributed by atoms with Crippen molar-refractivity contribution in [3.05, 3.63) is 82.7 Å². The number of carbonyl (C=O) groups excluding carboxylic acids is 4. The van der Waals surface area contributed by atoms with E-state index in [-0.39, 0.29) is 16.4 Å². The number of rotatable bonds is 6. The fourth-order valence-electron chi connectivity index (χ4n) is 3.24. The number of imide groups is 1. The lowest BCUT2D eigenvalue weighted by molar-refractivity contribution is -0.127. The van der Waals surface area contributed by atoms with Crippen molar-refractivity contribution in [3.63, 3.8) is 0 Å². The minimum absolute atomic E-state index is 0.0747. The Labute approximate surface area is 197 Å². The number of amides is 3. The summed E-state index contributed by atoms with van der Waals surface area (Å²) in [5.41, 5.74) is 1.04. The molecule has 172 valence electrons. The zero-order chi connectivity index (χ0) is 24.2. The Kier molecular flexibility index (Phi) is 6.60. The molecule has 2 heterocycles. The summed E-state index contributed by atoms with van der Waals surface area (Å²) in [6.07, 6.45) is 1.39. The summed E-state index contributed by atoms with van der Waals surface area (Å²) in [4.78, 5) is 50.1. The summed E-state index contributed by atoms with van der Waals surface area (Å²) < 4.78 is 23.8. The highest BCUT2D eigenvalue weighted by Gasteiger charge is 2.36. The number of ether oxygens (including phenoxy) is 1. The van der Waals surface area contributed by atoms with Crippen LogP contribution < -0.4 is 5.32 Å². The predicted molar refractivity (Wildman–Crippen MR) is 123 cm³/mol. The molecule has 34 heavy (non-hydrogen) atoms. The monoisotopic (exact) mass is 480 g/mol. The third-order valence-corrected chi connectivity index (χ3v) is 5.69. The number of carbonyl (C=O) groups is 4. The van der Waals surface area contributed by atoms with Crippen LogP contribution in [0, 0.1) is 5.82 Å². The second-order valence-corrected chi connectivity index (χ2v) is 8.06. The zero-order valence-electron chi connectivity index (χ0n) is 17.7. The maximum absolute atomic E-state index is 13.3. The number of anilines is 1. The van der Waals surface area contributed by atoms with Crippen molar-refractivity contribution >= 4 is 46.5 Å². The summed E-state index contributed by atoms with van der Waals surface area (Å²) in [6.45, 7) is -0.519. The van der Waals surface area contributed by atoms with Crippen LogP contribution in [0.4, 0.5) is 14.9 Å². The molecule has 0 spiro atoms. The van der Waals surface area contributed by atoms with Crippen LogP contribution in [-0.2, 0) is 14.3 Å². The summed E-state index contributed by atoms with van der Waals surface area (Å²) in [5, 5.41) is 1.83. The smallest absolute Gasteiger partial charge is 0.338 e. The van der Waals surface area contributed by atoms with Gasteiger partial charge in [0.1, 0.15) is 23.9 Å². The topological polar surface area (TPSA) is 106 Å². The first-order valence-electron chi connectivity index (χ1n) is 9.94. The molecule has 1 aliphatic rings. The van der Waals surface area contributed by atoms with Gasteiger partial charge in [-0.05, 0) is 48.2 Å². The number of furan rings is 1. The van der Waals surface area contributed by atoms with Crippen molar-refractivity contribution in [2.24, 2.45) is 0 Å². The Morgan fingerprint density at radius 3 is 2.68 bits per heavy atom. The molecule has 1 aliphatic heterocycles. The van der Waals surface area contributed by atoms with Crippen molar-refractivity contribution in [2.75, 3.05) is 19.0 Å². The van der Waals surface area contributed by atoms with Crippen LogP contribution in [0.2, 0.25) is 0 Å². The molecule has 0 unspecified atom stereocenters. The van der Waals surface area contributed by atoms with E-state index in [9.17, 15) is 23.6 Å². The number of halogens is 1. The number of methoxy groups -OCH3 is 1. The first-order valence-corrected chi connectivity index (χ1v) is 10.8. The summed E-state index contributed by atoms with van der Waals surface area (Å²) >= 11 is 0.669. The van der Waals surface area contributed by atoms with E-state index in [1.165, 1.54) is 31.4 Å². The van der Waals surface area contributed by atoms with E-state index < -0.39 is 35.4 Å². The molecule has 4 rings (SSSR count). The molecule has 3 aromatic rings. The first kappa shape index (κ1) is 23.0. The quantitative estimate of drug-likeness (QED) is 0.408. The molecule has 1 saturated heterocycles. The highest BCUT2D eigenvalue weighted by molar-refractivity contribution is 8.18. The van der Waals surface area contributed by atoms with Crippen LogP contribution in [0.25, 0.3) is 17.4 Å². The number of benzene rings is 2. The average molecular weight is 480 g/mol. The van der Waals surface area contributed by atoms with Crippen molar-refractivity contribution < 1.29 is 32.7 Å². The number of thioether (sulfide) groups is 1. The van der Waals surface area contributed by atoms with E-state index in [1.807, 2.05) is 0 Å². The van der Waals surface area contributed by atoms with Crippen LogP contribution in [0.15, 0.2) is 70.0 Å². The molecule has 8 nitrogen and oxygen atoms in total. The molecule has 10 heteroatoms. The number of nitrogens with zero attached hydrogens (tertiary/aromatic N) is 1. The highest BCUT2D eigenvalue weighted by atomic mass is 32.2. The molecule has 1 fully saturated rings. The lowest BCUT2D eigenvalue weighted by atomic mass is 10.1. The average Bonchev–Trinajstić information content (AvgIpc) is 3.39. The molecule has 0 atom stereocenters. The zero-order valence-corrected chi connectivity index (χ0v) is 18.6. The lowest BCUT2D eigenvalue weighted by Crippen LogP contribution is -2.36. The number of esters is 1. The van der Waals surface area contributed by atoms with Crippen molar-refractivity contribution in [1.29, 1.82) is 0 Å². The van der Waals surface area contributed by atoms with Gasteiger partial charge in [0.25, 0.3) is 11.1 Å². The second kappa shape index (κ2) is 9.75. The minimum Gasteiger partial charge on any atom is -0.465 e. The van der Waals surface area contributed by atoms with Gasteiger partial charge < -0.3 is 14.5 Å². The Morgan fingerprint density at radius 2 is 1.91 bits per heavy atom. The second-order valence-electron chi connectivity index (χ2n) is 7.07. The summed E-state index contributed by atoms with van der Waals surface area (Å²) in [6, 6.07) is 15.2. The normalized spacial score (nSPS) is 14.5. The molecule has 3 amide bonds. The largest absolute Gasteiger partial charge is 0.465 e. The first-order chi connectivity index (χ1) is 16.4. The third kappa shape index (κ3) is 4.91. The molecule has 0 aliphatic carbocycles. The van der Waals surface area contributed by atoms with Gasteiger partial charge >= 0.3 is 5.97 Å². The van der Waals surface area contributed by atoms with Crippen molar-refractivity contribution in [2.45, 2.75) is 0 Å². The van der Waals surface area contributed by atoms with Crippen molar-refractivity contribution in [1.82, 2.24) is 4.90 Å². The SMILES string of the molecule is COC(=O)c1ccccc1-c1ccc(/C=C2/SC(=O)N(CC(=O)Nc3cccc(F)c3)C2=O)o1. The third-order valence-electron chi connectivity index (χ3n) is 4.78. The van der Waals surface area contributed by atoms with Gasteiger partial charge in [0.2, 0.25) is 5.91 Å². The van der Waals surface area contributed by atoms with Gasteiger partial charge in [0.15, 0.2) is 0 Å². The molecular weight excluding hydrogens is 463 g/mol. The lowest BCUT2D eigenvalue weighted by Gasteiger charge is -2.12. The maximum Gasteiger partial charge on any atom is 0.338 e. The van der Waals surface area contributed by atoms with E-state index in [4.69, 9.17) is 9.15 Å². The van der Waals surface area contributed by atoms with Crippen LogP contribution in [0.3, 0.4) is 0 Å². The molecule has 2 aromatic carbocycles. The molecular formula is C24H17FN2O6S. The van der Waals surface area contributed by atoms with Gasteiger partial charge in [-0.3, -0.25) is 19.3 Å². The standard InChI is InChI=1S/C24H17FN2O6S/c1-32-23(30)18-8-3-2-7-17(18)19-10-9-16(33-19)12-20-22(29)27(24(31)34-20)13-21(28)26-15-6-4-5-14(25)11-15/h2-12H,13H2,1H3,(H,26,28)/b20-12+. The van der Waals surface area contributed by atoms with Gasteiger partial charge in [-0.25, -0.2) is 9.18 Å². The van der Waals surface area contributed by atoms with Crippen LogP contribution in [-0.4, -0.2) is 41.6 Å². The summed E-state index contributed by atoms with van der Waals surface area (Å²) in [7, 11) is 1.28. The minimum atomic E-state index is -0.655. The predicted octanol–water partition coefficient (Wildman–Crippen LogP) is 4.55. The van der Waals surface area contributed by atoms with Crippen LogP contribution >= 0.6 is 11.8 Å². The Bertz CT molecular complexity index is 1330. The Hall–Kier alpha value is -4.18. The molecule has 1 aromatic heterocycles. The molecule has 0 bridgehead atoms. The number of hydrogen-bond acceptors (Lipinski definition) is 7. The van der Waals surface area contributed by atoms with E-state index >= 15 is 0 Å². The van der Waals surface area contributed by atoms with Gasteiger partial charge in [0, 0.05) is 17.3 Å². The molecule has 0 radical (unpaired) electrons. The van der Waals surface area contributed by atoms with Crippen LogP contribution in [0.5, 0.6) is 0 Å². The van der Waals surface area contributed by atoms with Gasteiger partial charge in [-0.15, -0.1) is 0 Å². The number of hydrogen-bond donors (Lipinski definition) is 1. The van der Waals surface area contributed by atoms with E-state index in [1.54, 1.807) is 36.4 Å². The Balaban J connectivity index is 1.49. The van der Waals surface area contributed by atoms with Crippen molar-refractivity contribution in [3.8, 4) is 11.3 Å². The van der Waals surface area contributed by atoms with Gasteiger partial charge in [0.05, 0.1) is 17.6 Å². The fraction of sp³-hybridized carbons (Fsp3) is 0.0833. The summed E-state index contributed by atoms with van der Waals surface area (Å²) in [5.74, 6) is -1.69. The van der Waals surface area contributed by atoms with Gasteiger partial charge in [-0.2, -0.15) is 0 Å². The fourth-order valence-corrected chi connectivity index (χ4v) is 4.06. The maximum atomic E-state index is 13.3. The molecule has 0 saturated carbocycles. The van der Waals surface area contributed by atoms with E-state index in [0.717, 1.165) is 11.0 Å². The highest BCUT2D eigenvalue weighted by Crippen LogP contribution is 2.34. The van der Waals surface area contributed by atoms with Gasteiger partial charge in [-0.1, -0.05) is 24.3 Å². The molecule has 1 N–H and O–H groups in total. The number of nitrogens with one attached hydrogen (secondary N) is 1. The van der Waals surface area contributed by atoms with Crippen LogP contribution in [0.1, 0.15) is 16.1 Å². The van der Waals surface area contributed by atoms with E-state index in [2.05, 4.69) is 5.32 Å². The Morgan fingerprint density at radius 1 is 1.12 bits per heavy atom. The van der Waals surface area contributed by atoms with E-state index in [0.29, 0.717) is 28.6 Å².